The van der Waals surface area contributed by atoms with E-state index in [0.29, 0.717) is 22.5 Å². The number of nitrogens with zero attached hydrogens (tertiary/aromatic N) is 1. The minimum Gasteiger partial charge on any atom is -0.462 e. The predicted molar refractivity (Wildman–Crippen MR) is 94.7 cm³/mol. The molecule has 0 saturated heterocycles. The second-order valence-corrected chi connectivity index (χ2v) is 5.80. The number of benzene rings is 2. The van der Waals surface area contributed by atoms with Crippen LogP contribution in [0.25, 0.3) is 10.9 Å². The van der Waals surface area contributed by atoms with Crippen LogP contribution in [-0.2, 0) is 11.3 Å². The molecule has 122 valence electrons. The van der Waals surface area contributed by atoms with Crippen LogP contribution in [0.3, 0.4) is 0 Å². The maximum atomic E-state index is 12.6. The van der Waals surface area contributed by atoms with E-state index in [4.69, 9.17) is 16.3 Å². The lowest BCUT2D eigenvalue weighted by molar-refractivity contribution is 0.0524. The van der Waals surface area contributed by atoms with Gasteiger partial charge in [0.1, 0.15) is 5.56 Å². The van der Waals surface area contributed by atoms with Gasteiger partial charge in [0.2, 0.25) is 5.43 Å². The molecule has 3 aromatic rings. The predicted octanol–water partition coefficient (Wildman–Crippen LogP) is 3.88. The van der Waals surface area contributed by atoms with Crippen LogP contribution in [0.4, 0.5) is 0 Å². The molecule has 1 heterocycles. The molecule has 0 fully saturated rings. The molecule has 0 bridgehead atoms. The lowest BCUT2D eigenvalue weighted by atomic mass is 10.1. The van der Waals surface area contributed by atoms with Gasteiger partial charge < -0.3 is 9.30 Å². The molecule has 3 rings (SSSR count). The van der Waals surface area contributed by atoms with Crippen LogP contribution in [0.1, 0.15) is 22.8 Å². The first-order chi connectivity index (χ1) is 11.6. The van der Waals surface area contributed by atoms with Crippen molar-refractivity contribution in [3.05, 3.63) is 81.1 Å². The van der Waals surface area contributed by atoms with E-state index in [2.05, 4.69) is 0 Å². The Balaban J connectivity index is 2.21. The quantitative estimate of drug-likeness (QED) is 0.677. The molecule has 0 spiro atoms. The lowest BCUT2D eigenvalue weighted by Gasteiger charge is -2.13. The number of aromatic nitrogens is 1. The number of carbonyl (C=O) groups excluding carboxylic acids is 1. The molecule has 0 unspecified atom stereocenters. The third kappa shape index (κ3) is 3.19. The largest absolute Gasteiger partial charge is 0.462 e. The molecular formula is C19H16ClNO3. The van der Waals surface area contributed by atoms with Crippen molar-refractivity contribution in [2.45, 2.75) is 13.5 Å². The van der Waals surface area contributed by atoms with Crippen molar-refractivity contribution >= 4 is 28.5 Å². The maximum Gasteiger partial charge on any atom is 0.343 e. The highest BCUT2D eigenvalue weighted by atomic mass is 35.5. The van der Waals surface area contributed by atoms with Crippen molar-refractivity contribution in [3.8, 4) is 0 Å². The molecule has 0 radical (unpaired) electrons. The van der Waals surface area contributed by atoms with Gasteiger partial charge in [-0.2, -0.15) is 0 Å². The highest BCUT2D eigenvalue weighted by Gasteiger charge is 2.16. The van der Waals surface area contributed by atoms with Gasteiger partial charge in [0.05, 0.1) is 12.1 Å². The van der Waals surface area contributed by atoms with Crippen LogP contribution in [0.5, 0.6) is 0 Å². The van der Waals surface area contributed by atoms with Crippen LogP contribution in [0.15, 0.2) is 59.5 Å². The SMILES string of the molecule is CCOC(=O)c1cn(Cc2ccccc2)c2cc(Cl)ccc2c1=O. The van der Waals surface area contributed by atoms with Crippen LogP contribution < -0.4 is 5.43 Å². The van der Waals surface area contributed by atoms with Gasteiger partial charge >= 0.3 is 5.97 Å². The Hall–Kier alpha value is -2.59. The summed E-state index contributed by atoms with van der Waals surface area (Å²) in [6.45, 7) is 2.45. The molecule has 0 aliphatic carbocycles. The van der Waals surface area contributed by atoms with Gasteiger partial charge in [0.15, 0.2) is 0 Å². The molecule has 0 saturated carbocycles. The molecule has 0 amide bonds. The Morgan fingerprint density at radius 3 is 2.62 bits per heavy atom. The first-order valence-corrected chi connectivity index (χ1v) is 8.01. The fourth-order valence-corrected chi connectivity index (χ4v) is 2.80. The zero-order valence-electron chi connectivity index (χ0n) is 13.2. The summed E-state index contributed by atoms with van der Waals surface area (Å²) < 4.78 is 6.86. The summed E-state index contributed by atoms with van der Waals surface area (Å²) in [6.07, 6.45) is 1.55. The minimum absolute atomic E-state index is 0.0302. The number of esters is 1. The van der Waals surface area contributed by atoms with E-state index in [-0.39, 0.29) is 17.6 Å². The summed E-state index contributed by atoms with van der Waals surface area (Å²) in [5.41, 5.74) is 1.42. The molecule has 0 aliphatic rings. The smallest absolute Gasteiger partial charge is 0.343 e. The van der Waals surface area contributed by atoms with Gasteiger partial charge in [-0.25, -0.2) is 4.79 Å². The number of pyridine rings is 1. The van der Waals surface area contributed by atoms with Crippen molar-refractivity contribution in [3.63, 3.8) is 0 Å². The second kappa shape index (κ2) is 6.89. The highest BCUT2D eigenvalue weighted by Crippen LogP contribution is 2.19. The third-order valence-corrected chi connectivity index (χ3v) is 3.97. The van der Waals surface area contributed by atoms with E-state index in [1.807, 2.05) is 34.9 Å². The maximum absolute atomic E-state index is 12.6. The van der Waals surface area contributed by atoms with E-state index in [0.717, 1.165) is 5.56 Å². The molecule has 24 heavy (non-hydrogen) atoms. The van der Waals surface area contributed by atoms with Gasteiger partial charge in [-0.3, -0.25) is 4.79 Å². The number of hydrogen-bond acceptors (Lipinski definition) is 3. The summed E-state index contributed by atoms with van der Waals surface area (Å²) in [5, 5.41) is 0.980. The lowest BCUT2D eigenvalue weighted by Crippen LogP contribution is -2.21. The first-order valence-electron chi connectivity index (χ1n) is 7.64. The summed E-state index contributed by atoms with van der Waals surface area (Å²) >= 11 is 6.09. The van der Waals surface area contributed by atoms with Crippen molar-refractivity contribution in [2.75, 3.05) is 6.61 Å². The van der Waals surface area contributed by atoms with Crippen molar-refractivity contribution in [1.82, 2.24) is 4.57 Å². The molecule has 0 atom stereocenters. The average Bonchev–Trinajstić information content (AvgIpc) is 2.58. The molecule has 4 nitrogen and oxygen atoms in total. The van der Waals surface area contributed by atoms with Crippen LogP contribution in [0, 0.1) is 0 Å². The number of rotatable bonds is 4. The Morgan fingerprint density at radius 2 is 1.92 bits per heavy atom. The topological polar surface area (TPSA) is 48.3 Å². The number of ether oxygens (including phenoxy) is 1. The summed E-state index contributed by atoms with van der Waals surface area (Å²) in [7, 11) is 0. The van der Waals surface area contributed by atoms with Gasteiger partial charge in [0, 0.05) is 23.2 Å². The molecular weight excluding hydrogens is 326 g/mol. The fourth-order valence-electron chi connectivity index (χ4n) is 2.63. The van der Waals surface area contributed by atoms with E-state index in [1.54, 1.807) is 31.3 Å². The van der Waals surface area contributed by atoms with E-state index in [1.165, 1.54) is 0 Å². The zero-order valence-corrected chi connectivity index (χ0v) is 13.9. The van der Waals surface area contributed by atoms with E-state index in [9.17, 15) is 9.59 Å². The molecule has 2 aromatic carbocycles. The first kappa shape index (κ1) is 16.3. The molecule has 5 heteroatoms. The number of hydrogen-bond donors (Lipinski definition) is 0. The Morgan fingerprint density at radius 1 is 1.17 bits per heavy atom. The van der Waals surface area contributed by atoms with Gasteiger partial charge in [-0.05, 0) is 30.7 Å². The summed E-state index contributed by atoms with van der Waals surface area (Å²) in [6, 6.07) is 14.8. The fraction of sp³-hybridized carbons (Fsp3) is 0.158. The number of halogens is 1. The summed E-state index contributed by atoms with van der Waals surface area (Å²) in [5.74, 6) is -0.610. The van der Waals surface area contributed by atoms with Crippen molar-refractivity contribution in [1.29, 1.82) is 0 Å². The Labute approximate surface area is 144 Å². The normalized spacial score (nSPS) is 10.8. The Kier molecular flexibility index (Phi) is 4.67. The summed E-state index contributed by atoms with van der Waals surface area (Å²) in [4.78, 5) is 24.7. The number of fused-ring (bicyclic) bond motifs is 1. The van der Waals surface area contributed by atoms with Crippen LogP contribution in [0.2, 0.25) is 5.02 Å². The Bertz CT molecular complexity index is 948. The van der Waals surface area contributed by atoms with Gasteiger partial charge in [0.25, 0.3) is 0 Å². The molecule has 0 aliphatic heterocycles. The van der Waals surface area contributed by atoms with Crippen molar-refractivity contribution < 1.29 is 9.53 Å². The van der Waals surface area contributed by atoms with Gasteiger partial charge in [-0.1, -0.05) is 41.9 Å². The highest BCUT2D eigenvalue weighted by molar-refractivity contribution is 6.31. The van der Waals surface area contributed by atoms with E-state index >= 15 is 0 Å². The van der Waals surface area contributed by atoms with Crippen LogP contribution in [-0.4, -0.2) is 17.1 Å². The zero-order chi connectivity index (χ0) is 17.1. The number of carbonyl (C=O) groups is 1. The standard InChI is InChI=1S/C19H16ClNO3/c1-2-24-19(23)16-12-21(11-13-6-4-3-5-7-13)17-10-14(20)8-9-15(17)18(16)22/h3-10,12H,2,11H2,1H3. The average molecular weight is 342 g/mol. The monoisotopic (exact) mass is 341 g/mol. The second-order valence-electron chi connectivity index (χ2n) is 5.37. The van der Waals surface area contributed by atoms with Crippen molar-refractivity contribution in [2.24, 2.45) is 0 Å². The third-order valence-electron chi connectivity index (χ3n) is 3.73. The molecule has 1 aromatic heterocycles. The van der Waals surface area contributed by atoms with E-state index < -0.39 is 5.97 Å². The molecule has 0 N–H and O–H groups in total. The van der Waals surface area contributed by atoms with Gasteiger partial charge in [-0.15, -0.1) is 0 Å². The minimum atomic E-state index is -0.610. The van der Waals surface area contributed by atoms with Crippen LogP contribution >= 0.6 is 11.6 Å².